The molecular weight excluding hydrogens is 678 g/mol. The van der Waals surface area contributed by atoms with Crippen molar-refractivity contribution in [2.75, 3.05) is 38.4 Å². The van der Waals surface area contributed by atoms with Crippen LogP contribution in [-0.2, 0) is 42.0 Å². The summed E-state index contributed by atoms with van der Waals surface area (Å²) in [6.45, 7) is 13.8. The normalized spacial score (nSPS) is 24.6. The zero-order valence-electron chi connectivity index (χ0n) is 28.9. The van der Waals surface area contributed by atoms with Crippen molar-refractivity contribution in [3.63, 3.8) is 0 Å². The molecule has 1 aliphatic heterocycles. The quantitative estimate of drug-likeness (QED) is 0.154. The third-order valence-electron chi connectivity index (χ3n) is 7.38. The topological polar surface area (TPSA) is 194 Å². The molecule has 1 saturated heterocycles. The first kappa shape index (κ1) is 39.8. The van der Waals surface area contributed by atoms with Gasteiger partial charge in [-0.25, -0.2) is 33.9 Å². The van der Waals surface area contributed by atoms with E-state index in [1.165, 1.54) is 26.8 Å². The van der Waals surface area contributed by atoms with E-state index in [1.807, 2.05) is 6.92 Å². The number of hydrogen-bond acceptors (Lipinski definition) is 13. The molecule has 0 bridgehead atoms. The van der Waals surface area contributed by atoms with E-state index in [4.69, 9.17) is 23.3 Å². The molecule has 3 unspecified atom stereocenters. The van der Waals surface area contributed by atoms with Crippen LogP contribution in [-0.4, -0.2) is 101 Å². The molecular formula is C28H47F2N7O9P2. The summed E-state index contributed by atoms with van der Waals surface area (Å²) >= 11 is 0. The van der Waals surface area contributed by atoms with Crippen molar-refractivity contribution in [3.8, 4) is 0 Å². The Labute approximate surface area is 278 Å². The number of nitrogens with zero attached hydrogens (tertiary/aromatic N) is 4. The standard InChI is InChI=1S/C28H47F2N7O9P2/c1-11-31-22-21-23(33-14-32-22)37(15-34-21)26-28(29,30)27(8,13-43-48(10,41)36-19(7)25(39)45-17(4)5)20(46-26)12-42-47(9,40)35-18(6)24(38)44-16(2)3/h14-20,26H,11-13H2,1-10H3,(H,35,40)(H,36,41)(H,31,32,33)/t18-,19-,20+,26+,27?,47?,48?/m0/s1. The summed E-state index contributed by atoms with van der Waals surface area (Å²) in [5.41, 5.74) is -1.98. The van der Waals surface area contributed by atoms with E-state index < -0.39 is 88.2 Å². The van der Waals surface area contributed by atoms with E-state index >= 15 is 8.78 Å². The van der Waals surface area contributed by atoms with Gasteiger partial charge in [-0.15, -0.1) is 0 Å². The minimum absolute atomic E-state index is 0.0519. The van der Waals surface area contributed by atoms with Gasteiger partial charge < -0.3 is 28.6 Å². The number of carbonyl (C=O) groups is 2. The number of hydrogen-bond donors (Lipinski definition) is 3. The number of ether oxygens (including phenoxy) is 3. The van der Waals surface area contributed by atoms with E-state index in [1.54, 1.807) is 27.7 Å². The molecule has 2 aromatic rings. The van der Waals surface area contributed by atoms with Gasteiger partial charge in [-0.1, -0.05) is 0 Å². The zero-order chi connectivity index (χ0) is 36.2. The van der Waals surface area contributed by atoms with Crippen LogP contribution in [0.3, 0.4) is 0 Å². The van der Waals surface area contributed by atoms with E-state index in [0.29, 0.717) is 12.4 Å². The Morgan fingerprint density at radius 3 is 2.02 bits per heavy atom. The third-order valence-corrected chi connectivity index (χ3v) is 10.4. The number of imidazole rings is 1. The van der Waals surface area contributed by atoms with Gasteiger partial charge in [-0.3, -0.25) is 23.3 Å². The molecule has 3 heterocycles. The lowest BCUT2D eigenvalue weighted by Gasteiger charge is -2.35. The van der Waals surface area contributed by atoms with Crippen LogP contribution in [0.2, 0.25) is 0 Å². The van der Waals surface area contributed by atoms with E-state index in [0.717, 1.165) is 24.5 Å². The fourth-order valence-corrected chi connectivity index (χ4v) is 7.58. The molecule has 2 aromatic heterocycles. The summed E-state index contributed by atoms with van der Waals surface area (Å²) in [5, 5.41) is 8.10. The zero-order valence-corrected chi connectivity index (χ0v) is 30.6. The van der Waals surface area contributed by atoms with Crippen LogP contribution in [0.1, 0.15) is 61.6 Å². The second-order valence-electron chi connectivity index (χ2n) is 12.5. The maximum absolute atomic E-state index is 16.7. The summed E-state index contributed by atoms with van der Waals surface area (Å²) in [7, 11) is -7.70. The van der Waals surface area contributed by atoms with Crippen LogP contribution in [0.4, 0.5) is 14.6 Å². The van der Waals surface area contributed by atoms with Gasteiger partial charge in [0.25, 0.3) is 15.0 Å². The molecule has 0 radical (unpaired) electrons. The number of esters is 2. The Balaban J connectivity index is 1.93. The van der Waals surface area contributed by atoms with Gasteiger partial charge >= 0.3 is 17.9 Å². The lowest BCUT2D eigenvalue weighted by atomic mass is 9.80. The second-order valence-corrected chi connectivity index (χ2v) is 16.9. The molecule has 0 amide bonds. The lowest BCUT2D eigenvalue weighted by molar-refractivity contribution is -0.151. The number of anilines is 1. The number of alkyl halides is 2. The number of fused-ring (bicyclic) bond motifs is 1. The molecule has 48 heavy (non-hydrogen) atoms. The minimum atomic E-state index is -3.90. The molecule has 0 aromatic carbocycles. The molecule has 0 saturated carbocycles. The Morgan fingerprint density at radius 2 is 1.50 bits per heavy atom. The van der Waals surface area contributed by atoms with Gasteiger partial charge in [0.05, 0.1) is 43.3 Å². The Hall–Kier alpha value is -2.59. The van der Waals surface area contributed by atoms with Crippen molar-refractivity contribution in [1.29, 1.82) is 0 Å². The highest BCUT2D eigenvalue weighted by Crippen LogP contribution is 2.58. The highest BCUT2D eigenvalue weighted by Gasteiger charge is 2.68. The summed E-state index contributed by atoms with van der Waals surface area (Å²) in [4.78, 5) is 37.1. The molecule has 16 nitrogen and oxygen atoms in total. The first-order valence-electron chi connectivity index (χ1n) is 15.5. The van der Waals surface area contributed by atoms with Crippen molar-refractivity contribution in [3.05, 3.63) is 12.7 Å². The molecule has 0 spiro atoms. The average Bonchev–Trinajstić information content (AvgIpc) is 3.47. The van der Waals surface area contributed by atoms with Crippen molar-refractivity contribution >= 4 is 44.0 Å². The smallest absolute Gasteiger partial charge is 0.323 e. The predicted molar refractivity (Wildman–Crippen MR) is 173 cm³/mol. The van der Waals surface area contributed by atoms with Gasteiger partial charge in [0.15, 0.2) is 17.0 Å². The molecule has 1 fully saturated rings. The Kier molecular flexibility index (Phi) is 12.9. The number of rotatable bonds is 17. The monoisotopic (exact) mass is 725 g/mol. The summed E-state index contributed by atoms with van der Waals surface area (Å²) in [6.07, 6.45) is -2.04. The summed E-state index contributed by atoms with van der Waals surface area (Å²) < 4.78 is 88.6. The average molecular weight is 726 g/mol. The third kappa shape index (κ3) is 9.34. The van der Waals surface area contributed by atoms with Crippen LogP contribution < -0.4 is 15.5 Å². The molecule has 272 valence electrons. The van der Waals surface area contributed by atoms with Gasteiger partial charge in [0.1, 0.15) is 18.4 Å². The van der Waals surface area contributed by atoms with Gasteiger partial charge in [0.2, 0.25) is 6.23 Å². The van der Waals surface area contributed by atoms with Crippen molar-refractivity contribution in [1.82, 2.24) is 29.7 Å². The number of halogens is 2. The van der Waals surface area contributed by atoms with E-state index in [2.05, 4.69) is 30.4 Å². The predicted octanol–water partition coefficient (Wildman–Crippen LogP) is 4.34. The molecule has 7 atom stereocenters. The maximum atomic E-state index is 16.7. The number of nitrogens with one attached hydrogen (secondary N) is 3. The molecule has 0 aliphatic carbocycles. The number of carbonyl (C=O) groups excluding carboxylic acids is 2. The second kappa shape index (κ2) is 15.5. The summed E-state index contributed by atoms with van der Waals surface area (Å²) in [6, 6.07) is -2.12. The molecule has 3 N–H and O–H groups in total. The lowest BCUT2D eigenvalue weighted by Crippen LogP contribution is -2.48. The molecule has 3 rings (SSSR count). The Morgan fingerprint density at radius 1 is 0.958 bits per heavy atom. The van der Waals surface area contributed by atoms with Crippen molar-refractivity contribution < 1.29 is 50.8 Å². The van der Waals surface area contributed by atoms with E-state index in [9.17, 15) is 18.7 Å². The highest BCUT2D eigenvalue weighted by atomic mass is 31.2. The number of aromatic nitrogens is 4. The van der Waals surface area contributed by atoms with Gasteiger partial charge in [-0.2, -0.15) is 0 Å². The fourth-order valence-electron chi connectivity index (χ4n) is 4.88. The van der Waals surface area contributed by atoms with E-state index in [-0.39, 0.29) is 11.2 Å². The highest BCUT2D eigenvalue weighted by molar-refractivity contribution is 7.56. The Bertz CT molecular complexity index is 1550. The minimum Gasteiger partial charge on any atom is -0.462 e. The van der Waals surface area contributed by atoms with Crippen LogP contribution in [0.15, 0.2) is 12.7 Å². The van der Waals surface area contributed by atoms with Crippen LogP contribution in [0.25, 0.3) is 11.2 Å². The molecule has 20 heteroatoms. The first-order valence-corrected chi connectivity index (χ1v) is 19.6. The largest absolute Gasteiger partial charge is 0.462 e. The van der Waals surface area contributed by atoms with Gasteiger partial charge in [-0.05, 0) is 55.4 Å². The van der Waals surface area contributed by atoms with Crippen molar-refractivity contribution in [2.45, 2.75) is 97.9 Å². The van der Waals surface area contributed by atoms with Crippen molar-refractivity contribution in [2.24, 2.45) is 5.41 Å². The fraction of sp³-hybridized carbons (Fsp3) is 0.750. The maximum Gasteiger partial charge on any atom is 0.323 e. The van der Waals surface area contributed by atoms with Crippen LogP contribution >= 0.6 is 15.0 Å². The first-order chi connectivity index (χ1) is 22.1. The van der Waals surface area contributed by atoms with Crippen LogP contribution in [0.5, 0.6) is 0 Å². The van der Waals surface area contributed by atoms with Gasteiger partial charge in [0, 0.05) is 19.9 Å². The SMILES string of the molecule is CCNc1ncnc2c1ncn2[C@@H]1O[C@H](COP(C)(=O)N[C@@H](C)C(=O)OC(C)C)C(C)(COP(C)(=O)N[C@@H](C)C(=O)OC(C)C)C1(F)F. The van der Waals surface area contributed by atoms with Crippen LogP contribution in [0, 0.1) is 5.41 Å². The summed E-state index contributed by atoms with van der Waals surface area (Å²) in [5.74, 6) is -4.81. The molecule has 1 aliphatic rings.